The van der Waals surface area contributed by atoms with Gasteiger partial charge in [0.15, 0.2) is 0 Å². The second kappa shape index (κ2) is 17.4. The Morgan fingerprint density at radius 3 is 1.59 bits per heavy atom. The van der Waals surface area contributed by atoms with Crippen molar-refractivity contribution in [2.24, 2.45) is 0 Å². The lowest BCUT2D eigenvalue weighted by molar-refractivity contribution is -0.135. The third kappa shape index (κ3) is 11.2. The second-order valence-electron chi connectivity index (χ2n) is 11.2. The minimum atomic E-state index is -0.286. The van der Waals surface area contributed by atoms with Gasteiger partial charge in [-0.3, -0.25) is 9.59 Å². The van der Waals surface area contributed by atoms with Gasteiger partial charge in [-0.1, -0.05) is 84.7 Å². The van der Waals surface area contributed by atoms with Crippen molar-refractivity contribution in [1.82, 2.24) is 0 Å². The molecule has 0 spiro atoms. The maximum absolute atomic E-state index is 12.4. The highest BCUT2D eigenvalue weighted by molar-refractivity contribution is 5.98. The largest absolute Gasteiger partial charge is 0.426 e. The molecular formula is C37H50O4. The van der Waals surface area contributed by atoms with E-state index in [4.69, 9.17) is 9.47 Å². The highest BCUT2D eigenvalue weighted by atomic mass is 16.5. The number of carbonyl (C=O) groups is 2. The quantitative estimate of drug-likeness (QED) is 0.124. The summed E-state index contributed by atoms with van der Waals surface area (Å²) >= 11 is 0. The van der Waals surface area contributed by atoms with Crippen molar-refractivity contribution in [3.8, 4) is 11.5 Å². The maximum atomic E-state index is 12.4. The van der Waals surface area contributed by atoms with Gasteiger partial charge in [-0.25, -0.2) is 0 Å². The number of carbonyl (C=O) groups excluding carboxylic acids is 2. The Morgan fingerprint density at radius 2 is 1.10 bits per heavy atom. The zero-order valence-electron chi connectivity index (χ0n) is 26.6. The minimum Gasteiger partial charge on any atom is -0.426 e. The molecule has 0 fully saturated rings. The van der Waals surface area contributed by atoms with Crippen molar-refractivity contribution >= 4 is 22.7 Å². The molecule has 0 aromatic heterocycles. The molecule has 4 heteroatoms. The molecule has 0 aliphatic rings. The van der Waals surface area contributed by atoms with Crippen LogP contribution in [-0.2, 0) is 16.0 Å². The smallest absolute Gasteiger partial charge is 0.310 e. The molecular weight excluding hydrogens is 508 g/mol. The summed E-state index contributed by atoms with van der Waals surface area (Å²) in [5, 5.41) is 1.55. The van der Waals surface area contributed by atoms with Crippen molar-refractivity contribution in [3.05, 3.63) is 82.0 Å². The molecule has 0 bridgehead atoms. The van der Waals surface area contributed by atoms with Crippen LogP contribution in [0.5, 0.6) is 11.5 Å². The molecule has 0 aliphatic carbocycles. The summed E-state index contributed by atoms with van der Waals surface area (Å²) in [7, 11) is 0. The average molecular weight is 559 g/mol. The summed E-state index contributed by atoms with van der Waals surface area (Å²) in [5.74, 6) is 0.536. The molecule has 2 rings (SSSR count). The number of hydrogen-bond donors (Lipinski definition) is 0. The third-order valence-electron chi connectivity index (χ3n) is 7.30. The lowest BCUT2D eigenvalue weighted by atomic mass is 9.95. The van der Waals surface area contributed by atoms with Crippen LogP contribution in [0.3, 0.4) is 0 Å². The predicted octanol–water partition coefficient (Wildman–Crippen LogP) is 10.5. The van der Waals surface area contributed by atoms with Crippen LogP contribution in [0.25, 0.3) is 10.8 Å². The summed E-state index contributed by atoms with van der Waals surface area (Å²) in [4.78, 5) is 24.7. The van der Waals surface area contributed by atoms with E-state index >= 15 is 0 Å². The second-order valence-corrected chi connectivity index (χ2v) is 11.2. The number of ether oxygens (including phenoxy) is 2. The summed E-state index contributed by atoms with van der Waals surface area (Å²) < 4.78 is 11.7. The summed E-state index contributed by atoms with van der Waals surface area (Å²) in [6.07, 6.45) is 16.8. The molecule has 0 aliphatic heterocycles. The first-order valence-corrected chi connectivity index (χ1v) is 15.1. The number of benzene rings is 2. The Kier molecular flexibility index (Phi) is 14.4. The zero-order valence-corrected chi connectivity index (χ0v) is 26.6. The van der Waals surface area contributed by atoms with Crippen LogP contribution in [0.15, 0.2) is 70.9 Å². The number of allylic oxidation sites excluding steroid dienone is 8. The summed E-state index contributed by atoms with van der Waals surface area (Å²) in [6.45, 7) is 16.4. The molecule has 0 radical (unpaired) electrons. The van der Waals surface area contributed by atoms with E-state index in [-0.39, 0.29) is 24.8 Å². The number of rotatable bonds is 15. The van der Waals surface area contributed by atoms with Gasteiger partial charge >= 0.3 is 11.9 Å². The molecule has 2 aromatic carbocycles. The fraction of sp³-hybridized carbons (Fsp3) is 0.459. The van der Waals surface area contributed by atoms with E-state index in [1.165, 1.54) is 22.3 Å². The first kappa shape index (κ1) is 33.8. The van der Waals surface area contributed by atoms with Crippen molar-refractivity contribution in [1.29, 1.82) is 0 Å². The minimum absolute atomic E-state index is 0.283. The van der Waals surface area contributed by atoms with E-state index in [2.05, 4.69) is 58.9 Å². The van der Waals surface area contributed by atoms with Gasteiger partial charge in [0.2, 0.25) is 0 Å². The fourth-order valence-electron chi connectivity index (χ4n) is 4.68. The molecule has 0 amide bonds. The van der Waals surface area contributed by atoms with Crippen LogP contribution >= 0.6 is 0 Å². The standard InChI is InChI=1S/C37H50O4/c1-9-34(38)40-36-30(8)31(37(41-35(39)10-2)33-23-12-11-22-32(33)36)25-24-29(7)21-15-20-28(6)19-14-18-27(5)17-13-16-26(3)4/h11-12,16,18,20,22-24H,9-10,13-15,17,19,21,25H2,1-8H3/b27-18+,28-20+,29-24+. The van der Waals surface area contributed by atoms with Gasteiger partial charge in [-0.05, 0) is 92.1 Å². The topological polar surface area (TPSA) is 52.6 Å². The van der Waals surface area contributed by atoms with E-state index < -0.39 is 0 Å². The van der Waals surface area contributed by atoms with Crippen LogP contribution in [-0.4, -0.2) is 11.9 Å². The molecule has 2 aromatic rings. The van der Waals surface area contributed by atoms with Gasteiger partial charge < -0.3 is 9.47 Å². The Hall–Kier alpha value is -3.40. The average Bonchev–Trinajstić information content (AvgIpc) is 2.94. The monoisotopic (exact) mass is 558 g/mol. The van der Waals surface area contributed by atoms with Crippen LogP contribution < -0.4 is 9.47 Å². The van der Waals surface area contributed by atoms with Gasteiger partial charge in [0.05, 0.1) is 0 Å². The normalized spacial score (nSPS) is 12.4. The van der Waals surface area contributed by atoms with Gasteiger partial charge in [0, 0.05) is 29.2 Å². The SMILES string of the molecule is CCC(=O)Oc1c(C)c(C/C=C(\C)CC/C=C(\C)CC/C=C(\C)CCC=C(C)C)c(OC(=O)CC)c2ccccc12. The first-order chi connectivity index (χ1) is 19.6. The van der Waals surface area contributed by atoms with E-state index in [1.807, 2.05) is 31.2 Å². The Balaban J connectivity index is 2.17. The number of fused-ring (bicyclic) bond motifs is 1. The number of hydrogen-bond acceptors (Lipinski definition) is 4. The lowest BCUT2D eigenvalue weighted by Crippen LogP contribution is -2.12. The van der Waals surface area contributed by atoms with Crippen molar-refractivity contribution in [3.63, 3.8) is 0 Å². The molecule has 4 nitrogen and oxygen atoms in total. The highest BCUT2D eigenvalue weighted by Crippen LogP contribution is 2.41. The molecule has 0 saturated carbocycles. The van der Waals surface area contributed by atoms with Gasteiger partial charge in [0.1, 0.15) is 11.5 Å². The van der Waals surface area contributed by atoms with Crippen LogP contribution in [0.1, 0.15) is 111 Å². The Labute approximate surface area is 248 Å². The number of esters is 2. The molecule has 0 atom stereocenters. The molecule has 0 heterocycles. The van der Waals surface area contributed by atoms with Gasteiger partial charge in [-0.15, -0.1) is 0 Å². The fourth-order valence-corrected chi connectivity index (χ4v) is 4.68. The Bertz CT molecular complexity index is 1320. The van der Waals surface area contributed by atoms with E-state index in [0.29, 0.717) is 17.9 Å². The lowest BCUT2D eigenvalue weighted by Gasteiger charge is -2.19. The molecule has 0 N–H and O–H groups in total. The van der Waals surface area contributed by atoms with E-state index in [9.17, 15) is 9.59 Å². The van der Waals surface area contributed by atoms with Crippen LogP contribution in [0.4, 0.5) is 0 Å². The molecule has 41 heavy (non-hydrogen) atoms. The molecule has 0 unspecified atom stereocenters. The third-order valence-corrected chi connectivity index (χ3v) is 7.30. The Morgan fingerprint density at radius 1 is 0.659 bits per heavy atom. The maximum Gasteiger partial charge on any atom is 0.310 e. The van der Waals surface area contributed by atoms with E-state index in [1.54, 1.807) is 13.8 Å². The molecule has 0 saturated heterocycles. The zero-order chi connectivity index (χ0) is 30.4. The predicted molar refractivity (Wildman–Crippen MR) is 173 cm³/mol. The van der Waals surface area contributed by atoms with E-state index in [0.717, 1.165) is 60.4 Å². The first-order valence-electron chi connectivity index (χ1n) is 15.1. The van der Waals surface area contributed by atoms with Gasteiger partial charge in [0.25, 0.3) is 0 Å². The van der Waals surface area contributed by atoms with Crippen LogP contribution in [0, 0.1) is 6.92 Å². The van der Waals surface area contributed by atoms with Gasteiger partial charge in [-0.2, -0.15) is 0 Å². The highest BCUT2D eigenvalue weighted by Gasteiger charge is 2.21. The van der Waals surface area contributed by atoms with Crippen LogP contribution in [0.2, 0.25) is 0 Å². The van der Waals surface area contributed by atoms with Crippen molar-refractivity contribution < 1.29 is 19.1 Å². The van der Waals surface area contributed by atoms with Crippen molar-refractivity contribution in [2.45, 2.75) is 113 Å². The summed E-state index contributed by atoms with van der Waals surface area (Å²) in [5.41, 5.74) is 7.25. The van der Waals surface area contributed by atoms with Crippen molar-refractivity contribution in [2.75, 3.05) is 0 Å². The molecule has 222 valence electrons. The summed E-state index contributed by atoms with van der Waals surface area (Å²) in [6, 6.07) is 7.64.